The Labute approximate surface area is 147 Å². The van der Waals surface area contributed by atoms with E-state index in [0.29, 0.717) is 5.56 Å². The van der Waals surface area contributed by atoms with Gasteiger partial charge in [0.2, 0.25) is 0 Å². The van der Waals surface area contributed by atoms with E-state index in [9.17, 15) is 4.79 Å². The number of ketones is 1. The molecule has 1 aromatic heterocycles. The maximum absolute atomic E-state index is 12.4. The van der Waals surface area contributed by atoms with E-state index in [1.54, 1.807) is 37.5 Å². The number of methoxy groups -OCH3 is 1. The lowest BCUT2D eigenvalue weighted by Crippen LogP contribution is -2.01. The molecule has 25 heavy (non-hydrogen) atoms. The number of imidazole rings is 1. The topological polar surface area (TPSA) is 44.1 Å². The molecule has 3 rings (SSSR count). The maximum atomic E-state index is 12.4. The first-order valence-electron chi connectivity index (χ1n) is 8.54. The Balaban J connectivity index is 1.87. The van der Waals surface area contributed by atoms with Gasteiger partial charge in [-0.05, 0) is 55.0 Å². The highest BCUT2D eigenvalue weighted by Gasteiger charge is 2.08. The third kappa shape index (κ3) is 3.79. The Kier molecular flexibility index (Phi) is 5.29. The van der Waals surface area contributed by atoms with Gasteiger partial charge in [0, 0.05) is 12.1 Å². The standard InChI is InChI=1S/C21H22N2O2/c1-3-4-15-23-19-8-6-5-7-18(19)22-21(23)14-13-20(24)16-9-11-17(25-2)12-10-16/h5-14H,3-4,15H2,1-2H3/b14-13+. The van der Waals surface area contributed by atoms with Crippen molar-refractivity contribution in [3.05, 3.63) is 66.0 Å². The zero-order valence-corrected chi connectivity index (χ0v) is 14.6. The van der Waals surface area contributed by atoms with Crippen LogP contribution in [0.15, 0.2) is 54.6 Å². The van der Waals surface area contributed by atoms with Crippen LogP contribution in [0.1, 0.15) is 35.9 Å². The van der Waals surface area contributed by atoms with Crippen molar-refractivity contribution in [1.82, 2.24) is 9.55 Å². The summed E-state index contributed by atoms with van der Waals surface area (Å²) < 4.78 is 7.30. The number of nitrogens with zero attached hydrogens (tertiary/aromatic N) is 2. The molecule has 0 spiro atoms. The number of carbonyl (C=O) groups is 1. The number of aromatic nitrogens is 2. The Morgan fingerprint density at radius 2 is 1.92 bits per heavy atom. The smallest absolute Gasteiger partial charge is 0.185 e. The zero-order chi connectivity index (χ0) is 17.6. The van der Waals surface area contributed by atoms with Gasteiger partial charge in [-0.15, -0.1) is 0 Å². The lowest BCUT2D eigenvalue weighted by Gasteiger charge is -2.05. The number of para-hydroxylation sites is 2. The van der Waals surface area contributed by atoms with Crippen LogP contribution >= 0.6 is 0 Å². The van der Waals surface area contributed by atoms with Crippen molar-refractivity contribution in [3.63, 3.8) is 0 Å². The zero-order valence-electron chi connectivity index (χ0n) is 14.6. The molecule has 128 valence electrons. The molecule has 0 aliphatic rings. The van der Waals surface area contributed by atoms with E-state index in [4.69, 9.17) is 4.74 Å². The van der Waals surface area contributed by atoms with Crippen LogP contribution in [0.3, 0.4) is 0 Å². The molecule has 3 aromatic rings. The molecular formula is C21H22N2O2. The predicted octanol–water partition coefficient (Wildman–Crippen LogP) is 4.74. The molecule has 1 heterocycles. The highest BCUT2D eigenvalue weighted by Crippen LogP contribution is 2.18. The van der Waals surface area contributed by atoms with Gasteiger partial charge in [0.15, 0.2) is 5.78 Å². The molecule has 0 radical (unpaired) electrons. The molecule has 0 N–H and O–H groups in total. The van der Waals surface area contributed by atoms with Crippen molar-refractivity contribution < 1.29 is 9.53 Å². The second-order valence-electron chi connectivity index (χ2n) is 5.89. The molecule has 4 nitrogen and oxygen atoms in total. The average Bonchev–Trinajstić information content (AvgIpc) is 3.02. The van der Waals surface area contributed by atoms with Gasteiger partial charge in [-0.3, -0.25) is 4.79 Å². The van der Waals surface area contributed by atoms with Crippen LogP contribution in [0.25, 0.3) is 17.1 Å². The molecule has 0 atom stereocenters. The number of rotatable bonds is 7. The Morgan fingerprint density at radius 1 is 1.16 bits per heavy atom. The third-order valence-electron chi connectivity index (χ3n) is 4.18. The van der Waals surface area contributed by atoms with E-state index < -0.39 is 0 Å². The fourth-order valence-electron chi connectivity index (χ4n) is 2.77. The fourth-order valence-corrected chi connectivity index (χ4v) is 2.77. The minimum Gasteiger partial charge on any atom is -0.497 e. The molecule has 0 amide bonds. The van der Waals surface area contributed by atoms with Crippen molar-refractivity contribution >= 4 is 22.9 Å². The number of allylic oxidation sites excluding steroid dienone is 1. The van der Waals surface area contributed by atoms with Crippen LogP contribution in [0.5, 0.6) is 5.75 Å². The molecule has 0 aliphatic carbocycles. The van der Waals surface area contributed by atoms with Crippen molar-refractivity contribution in [2.24, 2.45) is 0 Å². The normalized spacial score (nSPS) is 11.3. The summed E-state index contributed by atoms with van der Waals surface area (Å²) in [4.78, 5) is 17.1. The minimum absolute atomic E-state index is 0.0447. The van der Waals surface area contributed by atoms with E-state index in [1.165, 1.54) is 0 Å². The monoisotopic (exact) mass is 334 g/mol. The first-order chi connectivity index (χ1) is 12.2. The van der Waals surface area contributed by atoms with E-state index in [-0.39, 0.29) is 5.78 Å². The van der Waals surface area contributed by atoms with Crippen LogP contribution in [-0.4, -0.2) is 22.4 Å². The maximum Gasteiger partial charge on any atom is 0.185 e. The average molecular weight is 334 g/mol. The molecule has 0 bridgehead atoms. The molecule has 0 fully saturated rings. The quantitative estimate of drug-likeness (QED) is 0.463. The van der Waals surface area contributed by atoms with Crippen molar-refractivity contribution in [2.45, 2.75) is 26.3 Å². The largest absolute Gasteiger partial charge is 0.497 e. The molecule has 0 unspecified atom stereocenters. The van der Waals surface area contributed by atoms with Crippen molar-refractivity contribution in [2.75, 3.05) is 7.11 Å². The van der Waals surface area contributed by atoms with Crippen LogP contribution in [0.4, 0.5) is 0 Å². The van der Waals surface area contributed by atoms with Gasteiger partial charge in [0.1, 0.15) is 11.6 Å². The highest BCUT2D eigenvalue weighted by atomic mass is 16.5. The number of unbranched alkanes of at least 4 members (excludes halogenated alkanes) is 1. The van der Waals surface area contributed by atoms with Gasteiger partial charge in [-0.2, -0.15) is 0 Å². The number of aryl methyl sites for hydroxylation is 1. The van der Waals surface area contributed by atoms with E-state index >= 15 is 0 Å². The summed E-state index contributed by atoms with van der Waals surface area (Å²) in [7, 11) is 1.61. The van der Waals surface area contributed by atoms with E-state index in [0.717, 1.165) is 42.0 Å². The van der Waals surface area contributed by atoms with Crippen molar-refractivity contribution in [3.8, 4) is 5.75 Å². The number of fused-ring (bicyclic) bond motifs is 1. The predicted molar refractivity (Wildman–Crippen MR) is 101 cm³/mol. The van der Waals surface area contributed by atoms with E-state index in [2.05, 4.69) is 22.5 Å². The molecule has 2 aromatic carbocycles. The third-order valence-corrected chi connectivity index (χ3v) is 4.18. The van der Waals surface area contributed by atoms with Gasteiger partial charge < -0.3 is 9.30 Å². The number of carbonyl (C=O) groups excluding carboxylic acids is 1. The Bertz CT molecular complexity index is 892. The van der Waals surface area contributed by atoms with Gasteiger partial charge in [-0.25, -0.2) is 4.98 Å². The fraction of sp³-hybridized carbons (Fsp3) is 0.238. The summed E-state index contributed by atoms with van der Waals surface area (Å²) in [5.41, 5.74) is 2.69. The summed E-state index contributed by atoms with van der Waals surface area (Å²) in [5.74, 6) is 1.51. The number of ether oxygens (including phenoxy) is 1. The number of hydrogen-bond acceptors (Lipinski definition) is 3. The highest BCUT2D eigenvalue weighted by molar-refractivity contribution is 6.06. The van der Waals surface area contributed by atoms with Gasteiger partial charge in [0.05, 0.1) is 18.1 Å². The second-order valence-corrected chi connectivity index (χ2v) is 5.89. The Morgan fingerprint density at radius 3 is 2.64 bits per heavy atom. The van der Waals surface area contributed by atoms with E-state index in [1.807, 2.05) is 24.3 Å². The summed E-state index contributed by atoms with van der Waals surface area (Å²) in [6.45, 7) is 3.06. The van der Waals surface area contributed by atoms with Gasteiger partial charge in [0.25, 0.3) is 0 Å². The molecular weight excluding hydrogens is 312 g/mol. The summed E-state index contributed by atoms with van der Waals surface area (Å²) >= 11 is 0. The van der Waals surface area contributed by atoms with Gasteiger partial charge in [-0.1, -0.05) is 25.5 Å². The molecule has 4 heteroatoms. The minimum atomic E-state index is -0.0447. The van der Waals surface area contributed by atoms with Crippen molar-refractivity contribution in [1.29, 1.82) is 0 Å². The van der Waals surface area contributed by atoms with Crippen LogP contribution in [0.2, 0.25) is 0 Å². The molecule has 0 aliphatic heterocycles. The summed E-state index contributed by atoms with van der Waals surface area (Å²) in [6.07, 6.45) is 5.59. The molecule has 0 saturated carbocycles. The first kappa shape index (κ1) is 17.0. The SMILES string of the molecule is CCCCn1c(/C=C/C(=O)c2ccc(OC)cc2)nc2ccccc21. The lowest BCUT2D eigenvalue weighted by molar-refractivity contribution is 0.104. The first-order valence-corrected chi connectivity index (χ1v) is 8.54. The number of benzene rings is 2. The lowest BCUT2D eigenvalue weighted by atomic mass is 10.1. The van der Waals surface area contributed by atoms with Crippen LogP contribution < -0.4 is 4.74 Å². The van der Waals surface area contributed by atoms with Crippen LogP contribution in [-0.2, 0) is 6.54 Å². The van der Waals surface area contributed by atoms with Gasteiger partial charge >= 0.3 is 0 Å². The number of hydrogen-bond donors (Lipinski definition) is 0. The summed E-state index contributed by atoms with van der Waals surface area (Å²) in [5, 5.41) is 0. The molecule has 0 saturated heterocycles. The summed E-state index contributed by atoms with van der Waals surface area (Å²) in [6, 6.07) is 15.2. The second kappa shape index (κ2) is 7.79. The van der Waals surface area contributed by atoms with Crippen LogP contribution in [0, 0.1) is 0 Å². The Hall–Kier alpha value is -2.88.